The molecule has 7 heteroatoms. The van der Waals surface area contributed by atoms with Gasteiger partial charge in [-0.05, 0) is 35.9 Å². The van der Waals surface area contributed by atoms with Gasteiger partial charge in [0.2, 0.25) is 0 Å². The van der Waals surface area contributed by atoms with Gasteiger partial charge in [-0.3, -0.25) is 9.98 Å². The van der Waals surface area contributed by atoms with Crippen molar-refractivity contribution in [3.05, 3.63) is 67.7 Å². The van der Waals surface area contributed by atoms with E-state index in [2.05, 4.69) is 0 Å². The summed E-state index contributed by atoms with van der Waals surface area (Å²) in [6, 6.07) is 12.9. The topological polar surface area (TPSA) is 28.8 Å². The van der Waals surface area contributed by atoms with Gasteiger partial charge in [0.05, 0.1) is 21.4 Å². The Morgan fingerprint density at radius 3 is 2.23 bits per heavy atom. The van der Waals surface area contributed by atoms with Crippen molar-refractivity contribution in [3.8, 4) is 16.9 Å². The van der Waals surface area contributed by atoms with Crippen LogP contribution in [0.5, 0.6) is 0 Å². The first-order chi connectivity index (χ1) is 10.1. The summed E-state index contributed by atoms with van der Waals surface area (Å²) >= 11 is 19.3. The lowest BCUT2D eigenvalue weighted by molar-refractivity contribution is 0.987. The van der Waals surface area contributed by atoms with E-state index in [9.17, 15) is 0 Å². The van der Waals surface area contributed by atoms with Gasteiger partial charge in [-0.15, -0.1) is 23.7 Å². The maximum absolute atomic E-state index is 8.12. The molecule has 0 saturated heterocycles. The molecule has 1 N–H and O–H groups in total. The van der Waals surface area contributed by atoms with Crippen LogP contribution >= 0.6 is 58.5 Å². The van der Waals surface area contributed by atoms with Crippen LogP contribution in [0.25, 0.3) is 16.9 Å². The van der Waals surface area contributed by atoms with Crippen LogP contribution in [0.4, 0.5) is 0 Å². The van der Waals surface area contributed by atoms with E-state index in [-0.39, 0.29) is 12.4 Å². The maximum atomic E-state index is 8.12. The van der Waals surface area contributed by atoms with Crippen molar-refractivity contribution in [1.29, 1.82) is 5.41 Å². The molecule has 0 amide bonds. The van der Waals surface area contributed by atoms with E-state index in [0.717, 1.165) is 16.9 Å². The van der Waals surface area contributed by atoms with E-state index in [1.54, 1.807) is 12.1 Å². The number of halogens is 4. The molecule has 2 aromatic carbocycles. The first-order valence-electron chi connectivity index (χ1n) is 6.03. The molecular formula is C15H10Cl4N2S. The van der Waals surface area contributed by atoms with Crippen LogP contribution in [0, 0.1) is 5.41 Å². The highest BCUT2D eigenvalue weighted by molar-refractivity contribution is 7.07. The summed E-state index contributed by atoms with van der Waals surface area (Å²) in [5.41, 5.74) is 2.71. The van der Waals surface area contributed by atoms with Crippen LogP contribution in [0.3, 0.4) is 0 Å². The minimum Gasteiger partial charge on any atom is -0.285 e. The highest BCUT2D eigenvalue weighted by atomic mass is 35.5. The van der Waals surface area contributed by atoms with Crippen LogP contribution in [0.1, 0.15) is 0 Å². The van der Waals surface area contributed by atoms with Crippen LogP contribution in [-0.4, -0.2) is 4.57 Å². The molecule has 0 spiro atoms. The molecule has 0 bridgehead atoms. The summed E-state index contributed by atoms with van der Waals surface area (Å²) < 4.78 is 1.83. The molecule has 0 atom stereocenters. The number of hydrogen-bond donors (Lipinski definition) is 1. The molecule has 22 heavy (non-hydrogen) atoms. The maximum Gasteiger partial charge on any atom is 0.187 e. The fourth-order valence-corrected chi connectivity index (χ4v) is 3.22. The van der Waals surface area contributed by atoms with Crippen LogP contribution in [0.15, 0.2) is 47.8 Å². The third-order valence-corrected chi connectivity index (χ3v) is 4.77. The molecule has 0 fully saturated rings. The monoisotopic (exact) mass is 390 g/mol. The van der Waals surface area contributed by atoms with Crippen molar-refractivity contribution in [1.82, 2.24) is 4.57 Å². The van der Waals surface area contributed by atoms with Crippen molar-refractivity contribution in [3.63, 3.8) is 0 Å². The van der Waals surface area contributed by atoms with E-state index in [1.165, 1.54) is 11.3 Å². The van der Waals surface area contributed by atoms with Gasteiger partial charge in [0.15, 0.2) is 4.80 Å². The Balaban J connectivity index is 0.00000176. The SMILES string of the molecule is Cl.N=c1scc(-c2ccc(Cl)cc2)n1-c1ccc(Cl)c(Cl)c1. The second-order valence-corrected chi connectivity index (χ2v) is 6.48. The van der Waals surface area contributed by atoms with Gasteiger partial charge in [-0.1, -0.05) is 46.9 Å². The Kier molecular flexibility index (Phi) is 5.59. The predicted molar refractivity (Wildman–Crippen MR) is 97.2 cm³/mol. The zero-order valence-electron chi connectivity index (χ0n) is 11.0. The first-order valence-corrected chi connectivity index (χ1v) is 8.04. The van der Waals surface area contributed by atoms with E-state index in [4.69, 9.17) is 40.2 Å². The molecule has 3 rings (SSSR count). The smallest absolute Gasteiger partial charge is 0.187 e. The van der Waals surface area contributed by atoms with Crippen molar-refractivity contribution < 1.29 is 0 Å². The van der Waals surface area contributed by atoms with Crippen molar-refractivity contribution in [2.75, 3.05) is 0 Å². The lowest BCUT2D eigenvalue weighted by atomic mass is 10.1. The third-order valence-electron chi connectivity index (χ3n) is 3.03. The molecule has 1 aromatic heterocycles. The number of nitrogens with one attached hydrogen (secondary N) is 1. The number of rotatable bonds is 2. The molecule has 114 valence electrons. The summed E-state index contributed by atoms with van der Waals surface area (Å²) in [5, 5.41) is 11.7. The zero-order valence-corrected chi connectivity index (χ0v) is 14.9. The molecular weight excluding hydrogens is 382 g/mol. The molecule has 0 radical (unpaired) electrons. The summed E-state index contributed by atoms with van der Waals surface area (Å²) in [4.78, 5) is 0.415. The summed E-state index contributed by atoms with van der Waals surface area (Å²) in [6.07, 6.45) is 0. The van der Waals surface area contributed by atoms with Gasteiger partial charge in [-0.25, -0.2) is 0 Å². The van der Waals surface area contributed by atoms with Crippen molar-refractivity contribution >= 4 is 58.5 Å². The fourth-order valence-electron chi connectivity index (χ4n) is 2.02. The van der Waals surface area contributed by atoms with E-state index in [0.29, 0.717) is 19.9 Å². The van der Waals surface area contributed by atoms with E-state index < -0.39 is 0 Å². The molecule has 3 aromatic rings. The van der Waals surface area contributed by atoms with Gasteiger partial charge in [-0.2, -0.15) is 0 Å². The molecule has 0 unspecified atom stereocenters. The molecule has 0 saturated carbocycles. The normalized spacial score (nSPS) is 10.3. The summed E-state index contributed by atoms with van der Waals surface area (Å²) in [5.74, 6) is 0. The van der Waals surface area contributed by atoms with Gasteiger partial charge < -0.3 is 0 Å². The fraction of sp³-hybridized carbons (Fsp3) is 0. The Labute approximate surface area is 152 Å². The van der Waals surface area contributed by atoms with E-state index in [1.807, 2.05) is 40.3 Å². The van der Waals surface area contributed by atoms with Crippen LogP contribution in [0.2, 0.25) is 15.1 Å². The van der Waals surface area contributed by atoms with E-state index >= 15 is 0 Å². The summed E-state index contributed by atoms with van der Waals surface area (Å²) in [6.45, 7) is 0. The number of nitrogens with zero attached hydrogens (tertiary/aromatic N) is 1. The second-order valence-electron chi connectivity index (χ2n) is 4.37. The lowest BCUT2D eigenvalue weighted by Gasteiger charge is -2.10. The third kappa shape index (κ3) is 3.34. The quantitative estimate of drug-likeness (QED) is 0.549. The average Bonchev–Trinajstić information content (AvgIpc) is 2.85. The number of hydrogen-bond acceptors (Lipinski definition) is 2. The van der Waals surface area contributed by atoms with Crippen LogP contribution < -0.4 is 4.80 Å². The summed E-state index contributed by atoms with van der Waals surface area (Å²) in [7, 11) is 0. The largest absolute Gasteiger partial charge is 0.285 e. The first kappa shape index (κ1) is 17.4. The number of benzene rings is 2. The molecule has 0 aliphatic rings. The Morgan fingerprint density at radius 1 is 0.909 bits per heavy atom. The van der Waals surface area contributed by atoms with Crippen LogP contribution in [-0.2, 0) is 0 Å². The molecule has 1 heterocycles. The molecule has 0 aliphatic heterocycles. The highest BCUT2D eigenvalue weighted by Gasteiger charge is 2.10. The lowest BCUT2D eigenvalue weighted by Crippen LogP contribution is -2.12. The zero-order chi connectivity index (χ0) is 15.0. The predicted octanol–water partition coefficient (Wildman–Crippen LogP) is 6.07. The Morgan fingerprint density at radius 2 is 1.59 bits per heavy atom. The minimum atomic E-state index is 0. The Hall–Kier alpha value is -0.970. The minimum absolute atomic E-state index is 0. The standard InChI is InChI=1S/C15H9Cl3N2S.ClH/c16-10-3-1-9(2-4-10)14-8-21-15(19)20(14)11-5-6-12(17)13(18)7-11;/h1-8,19H;1H. The second kappa shape index (κ2) is 7.07. The average molecular weight is 392 g/mol. The van der Waals surface area contributed by atoms with Crippen molar-refractivity contribution in [2.45, 2.75) is 0 Å². The highest BCUT2D eigenvalue weighted by Crippen LogP contribution is 2.28. The van der Waals surface area contributed by atoms with Gasteiger partial charge in [0, 0.05) is 10.4 Å². The van der Waals surface area contributed by atoms with Gasteiger partial charge >= 0.3 is 0 Å². The molecule has 2 nitrogen and oxygen atoms in total. The van der Waals surface area contributed by atoms with Gasteiger partial charge in [0.1, 0.15) is 0 Å². The van der Waals surface area contributed by atoms with Gasteiger partial charge in [0.25, 0.3) is 0 Å². The number of aromatic nitrogens is 1. The van der Waals surface area contributed by atoms with Crippen molar-refractivity contribution in [2.24, 2.45) is 0 Å². The number of thiazole rings is 1. The Bertz CT molecular complexity index is 853. The molecule has 0 aliphatic carbocycles.